The molecule has 0 spiro atoms. The summed E-state index contributed by atoms with van der Waals surface area (Å²) in [6.07, 6.45) is 3.56. The van der Waals surface area contributed by atoms with Crippen molar-refractivity contribution in [1.29, 1.82) is 0 Å². The van der Waals surface area contributed by atoms with Crippen LogP contribution in [0, 0.1) is 0 Å². The summed E-state index contributed by atoms with van der Waals surface area (Å²) in [6.45, 7) is 1.91. The minimum absolute atomic E-state index is 0.284. The third-order valence-electron chi connectivity index (χ3n) is 4.13. The highest BCUT2D eigenvalue weighted by Gasteiger charge is 2.14. The molecule has 1 heterocycles. The van der Waals surface area contributed by atoms with E-state index < -0.39 is 5.91 Å². The minimum Gasteiger partial charge on any atom is -0.497 e. The highest BCUT2D eigenvalue weighted by atomic mass is 16.5. The van der Waals surface area contributed by atoms with Gasteiger partial charge in [-0.2, -0.15) is 10.2 Å². The summed E-state index contributed by atoms with van der Waals surface area (Å²) in [5.74, 6) is 0.901. The summed E-state index contributed by atoms with van der Waals surface area (Å²) in [4.78, 5) is 12.3. The average molecular weight is 390 g/mol. The van der Waals surface area contributed by atoms with Gasteiger partial charge in [0.1, 0.15) is 17.2 Å². The van der Waals surface area contributed by atoms with Gasteiger partial charge in [0.25, 0.3) is 5.91 Å². The average Bonchev–Trinajstić information content (AvgIpc) is 3.24. The molecular formula is C22H22N4O3. The Labute approximate surface area is 169 Å². The first-order valence-electron chi connectivity index (χ1n) is 8.95. The number of hydrogen-bond acceptors (Lipinski definition) is 5. The molecule has 7 heteroatoms. The molecule has 3 rings (SSSR count). The summed E-state index contributed by atoms with van der Waals surface area (Å²) in [5.41, 5.74) is 6.03. The smallest absolute Gasteiger partial charge is 0.289 e. The number of ether oxygens (including phenoxy) is 2. The van der Waals surface area contributed by atoms with E-state index in [-0.39, 0.29) is 5.69 Å². The quantitative estimate of drug-likeness (QED) is 0.473. The molecule has 3 aromatic rings. The number of rotatable bonds is 7. The van der Waals surface area contributed by atoms with Gasteiger partial charge in [-0.15, -0.1) is 0 Å². The fraction of sp³-hybridized carbons (Fsp3) is 0.136. The Balaban J connectivity index is 1.69. The number of carbonyl (C=O) groups is 1. The number of aromatic nitrogens is 2. The van der Waals surface area contributed by atoms with Crippen LogP contribution in [0.1, 0.15) is 23.0 Å². The summed E-state index contributed by atoms with van der Waals surface area (Å²) >= 11 is 0. The van der Waals surface area contributed by atoms with Crippen molar-refractivity contribution < 1.29 is 14.3 Å². The molecule has 2 aromatic carbocycles. The van der Waals surface area contributed by atoms with Crippen molar-refractivity contribution in [3.8, 4) is 22.8 Å². The Morgan fingerprint density at radius 3 is 2.62 bits per heavy atom. The lowest BCUT2D eigenvalue weighted by molar-refractivity contribution is 0.0950. The van der Waals surface area contributed by atoms with Gasteiger partial charge in [-0.1, -0.05) is 36.4 Å². The summed E-state index contributed by atoms with van der Waals surface area (Å²) in [7, 11) is 3.16. The van der Waals surface area contributed by atoms with Gasteiger partial charge in [-0.05, 0) is 42.3 Å². The third kappa shape index (κ3) is 5.10. The van der Waals surface area contributed by atoms with Gasteiger partial charge in [0.2, 0.25) is 0 Å². The van der Waals surface area contributed by atoms with Gasteiger partial charge in [-0.3, -0.25) is 9.89 Å². The molecule has 0 saturated heterocycles. The molecule has 7 nitrogen and oxygen atoms in total. The van der Waals surface area contributed by atoms with Crippen LogP contribution in [0.15, 0.2) is 65.3 Å². The number of H-pyrrole nitrogens is 1. The van der Waals surface area contributed by atoms with Crippen LogP contribution in [0.4, 0.5) is 0 Å². The van der Waals surface area contributed by atoms with Crippen LogP contribution >= 0.6 is 0 Å². The molecule has 0 unspecified atom stereocenters. The topological polar surface area (TPSA) is 88.6 Å². The molecule has 1 amide bonds. The minimum atomic E-state index is -0.394. The van der Waals surface area contributed by atoms with Gasteiger partial charge in [0, 0.05) is 5.56 Å². The Morgan fingerprint density at radius 2 is 1.90 bits per heavy atom. The lowest BCUT2D eigenvalue weighted by Crippen LogP contribution is -2.17. The van der Waals surface area contributed by atoms with E-state index in [1.54, 1.807) is 44.7 Å². The Morgan fingerprint density at radius 1 is 1.10 bits per heavy atom. The number of benzene rings is 2. The third-order valence-corrected chi connectivity index (χ3v) is 4.13. The number of nitrogens with zero attached hydrogens (tertiary/aromatic N) is 2. The molecule has 2 N–H and O–H groups in total. The van der Waals surface area contributed by atoms with Crippen molar-refractivity contribution in [2.75, 3.05) is 14.2 Å². The molecule has 0 saturated carbocycles. The zero-order valence-corrected chi connectivity index (χ0v) is 16.5. The normalized spacial score (nSPS) is 11.5. The van der Waals surface area contributed by atoms with Crippen molar-refractivity contribution in [3.05, 3.63) is 71.4 Å². The molecule has 148 valence electrons. The van der Waals surface area contributed by atoms with E-state index >= 15 is 0 Å². The van der Waals surface area contributed by atoms with Crippen LogP contribution in [0.3, 0.4) is 0 Å². The van der Waals surface area contributed by atoms with Crippen LogP contribution in [0.2, 0.25) is 0 Å². The van der Waals surface area contributed by atoms with E-state index in [1.807, 2.05) is 43.3 Å². The standard InChI is InChI=1S/C22H22N4O3/c1-15(11-16-7-5-4-6-8-16)14-23-26-22(27)20-13-19(24-25-20)18-12-17(28-2)9-10-21(18)29-3/h4-14H,1-3H3,(H,24,25)(H,26,27). The lowest BCUT2D eigenvalue weighted by atomic mass is 10.1. The first kappa shape index (κ1) is 19.9. The number of amides is 1. The number of hydrogen-bond donors (Lipinski definition) is 2. The first-order chi connectivity index (χ1) is 14.1. The zero-order chi connectivity index (χ0) is 20.6. The molecule has 0 fully saturated rings. The maximum atomic E-state index is 12.3. The predicted molar refractivity (Wildman–Crippen MR) is 113 cm³/mol. The highest BCUT2D eigenvalue weighted by molar-refractivity contribution is 5.94. The first-order valence-corrected chi connectivity index (χ1v) is 8.95. The Bertz CT molecular complexity index is 1040. The van der Waals surface area contributed by atoms with Crippen LogP contribution in [0.25, 0.3) is 17.3 Å². The summed E-state index contributed by atoms with van der Waals surface area (Å²) in [6, 6.07) is 16.9. The monoisotopic (exact) mass is 390 g/mol. The largest absolute Gasteiger partial charge is 0.497 e. The van der Waals surface area contributed by atoms with E-state index in [2.05, 4.69) is 20.7 Å². The maximum Gasteiger partial charge on any atom is 0.289 e. The van der Waals surface area contributed by atoms with Gasteiger partial charge in [0.15, 0.2) is 0 Å². The Hall–Kier alpha value is -3.87. The second kappa shape index (κ2) is 9.36. The fourth-order valence-electron chi connectivity index (χ4n) is 2.69. The molecule has 0 aliphatic carbocycles. The molecule has 0 aliphatic rings. The number of allylic oxidation sites excluding steroid dienone is 1. The van der Waals surface area contributed by atoms with Crippen molar-refractivity contribution >= 4 is 18.2 Å². The number of methoxy groups -OCH3 is 2. The van der Waals surface area contributed by atoms with E-state index in [9.17, 15) is 4.79 Å². The van der Waals surface area contributed by atoms with Crippen molar-refractivity contribution in [2.24, 2.45) is 5.10 Å². The van der Waals surface area contributed by atoms with Crippen molar-refractivity contribution in [3.63, 3.8) is 0 Å². The predicted octanol–water partition coefficient (Wildman–Crippen LogP) is 3.91. The number of hydrazone groups is 1. The Kier molecular flexibility index (Phi) is 6.42. The second-order valence-corrected chi connectivity index (χ2v) is 6.23. The van der Waals surface area contributed by atoms with Gasteiger partial charge in [0.05, 0.1) is 26.1 Å². The molecule has 0 atom stereocenters. The number of nitrogens with one attached hydrogen (secondary N) is 2. The van der Waals surface area contributed by atoms with E-state index in [0.29, 0.717) is 22.8 Å². The molecule has 29 heavy (non-hydrogen) atoms. The SMILES string of the molecule is COc1ccc(OC)c(-c2cc(C(=O)NN=CC(C)=Cc3ccccc3)[nH]n2)c1. The number of aromatic amines is 1. The molecule has 1 aromatic heterocycles. The van der Waals surface area contributed by atoms with E-state index in [4.69, 9.17) is 9.47 Å². The van der Waals surface area contributed by atoms with Crippen LogP contribution in [-0.4, -0.2) is 36.5 Å². The van der Waals surface area contributed by atoms with Crippen LogP contribution < -0.4 is 14.9 Å². The van der Waals surface area contributed by atoms with Crippen LogP contribution in [-0.2, 0) is 0 Å². The molecule has 0 radical (unpaired) electrons. The van der Waals surface area contributed by atoms with E-state index in [0.717, 1.165) is 11.1 Å². The lowest BCUT2D eigenvalue weighted by Gasteiger charge is -2.08. The van der Waals surface area contributed by atoms with Gasteiger partial charge >= 0.3 is 0 Å². The number of carbonyl (C=O) groups excluding carboxylic acids is 1. The van der Waals surface area contributed by atoms with E-state index in [1.165, 1.54) is 0 Å². The molecular weight excluding hydrogens is 368 g/mol. The van der Waals surface area contributed by atoms with Crippen LogP contribution in [0.5, 0.6) is 11.5 Å². The summed E-state index contributed by atoms with van der Waals surface area (Å²) in [5, 5.41) is 10.9. The fourth-order valence-corrected chi connectivity index (χ4v) is 2.69. The van der Waals surface area contributed by atoms with Gasteiger partial charge in [-0.25, -0.2) is 5.43 Å². The highest BCUT2D eigenvalue weighted by Crippen LogP contribution is 2.32. The van der Waals surface area contributed by atoms with Crippen molar-refractivity contribution in [1.82, 2.24) is 15.6 Å². The molecule has 0 aliphatic heterocycles. The van der Waals surface area contributed by atoms with Crippen molar-refractivity contribution in [2.45, 2.75) is 6.92 Å². The second-order valence-electron chi connectivity index (χ2n) is 6.23. The van der Waals surface area contributed by atoms with Gasteiger partial charge < -0.3 is 9.47 Å². The maximum absolute atomic E-state index is 12.3. The molecule has 0 bridgehead atoms. The summed E-state index contributed by atoms with van der Waals surface area (Å²) < 4.78 is 10.6. The zero-order valence-electron chi connectivity index (χ0n) is 16.5.